The van der Waals surface area contributed by atoms with Crippen LogP contribution in [0, 0.1) is 5.82 Å². The van der Waals surface area contributed by atoms with E-state index in [1.807, 2.05) is 6.07 Å². The number of hydrogen-bond acceptors (Lipinski definition) is 7. The lowest BCUT2D eigenvalue weighted by atomic mass is 10.2. The van der Waals surface area contributed by atoms with Crippen LogP contribution in [0.5, 0.6) is 23.7 Å². The highest BCUT2D eigenvalue weighted by Gasteiger charge is 2.11. The SMILES string of the molecule is COc1cc(OC)nc(Oc2ncccc2CNc2cccc(F)c2)n1. The van der Waals surface area contributed by atoms with Gasteiger partial charge in [0, 0.05) is 24.0 Å². The molecule has 0 unspecified atom stereocenters. The summed E-state index contributed by atoms with van der Waals surface area (Å²) >= 11 is 0. The van der Waals surface area contributed by atoms with E-state index in [1.165, 1.54) is 32.4 Å². The van der Waals surface area contributed by atoms with Gasteiger partial charge in [0.2, 0.25) is 17.6 Å². The molecule has 0 amide bonds. The van der Waals surface area contributed by atoms with Crippen molar-refractivity contribution in [2.75, 3.05) is 19.5 Å². The minimum atomic E-state index is -0.311. The summed E-state index contributed by atoms with van der Waals surface area (Å²) < 4.78 is 29.2. The molecular formula is C18H17FN4O3. The van der Waals surface area contributed by atoms with Crippen LogP contribution in [0.1, 0.15) is 5.56 Å². The van der Waals surface area contributed by atoms with Gasteiger partial charge in [-0.25, -0.2) is 9.37 Å². The molecule has 0 bridgehead atoms. The average molecular weight is 356 g/mol. The highest BCUT2D eigenvalue weighted by atomic mass is 19.1. The summed E-state index contributed by atoms with van der Waals surface area (Å²) in [5.41, 5.74) is 1.40. The lowest BCUT2D eigenvalue weighted by Crippen LogP contribution is -2.04. The lowest BCUT2D eigenvalue weighted by molar-refractivity contribution is 0.344. The quantitative estimate of drug-likeness (QED) is 0.695. The summed E-state index contributed by atoms with van der Waals surface area (Å²) in [5.74, 6) is 0.630. The summed E-state index contributed by atoms with van der Waals surface area (Å²) in [4.78, 5) is 12.5. The van der Waals surface area contributed by atoms with Crippen molar-refractivity contribution in [3.63, 3.8) is 0 Å². The molecular weight excluding hydrogens is 339 g/mol. The summed E-state index contributed by atoms with van der Waals surface area (Å²) in [6.45, 7) is 0.383. The first kappa shape index (κ1) is 17.4. The molecule has 0 saturated carbocycles. The fraction of sp³-hybridized carbons (Fsp3) is 0.167. The van der Waals surface area contributed by atoms with Crippen molar-refractivity contribution < 1.29 is 18.6 Å². The summed E-state index contributed by atoms with van der Waals surface area (Å²) in [7, 11) is 2.97. The van der Waals surface area contributed by atoms with E-state index in [0.29, 0.717) is 29.9 Å². The van der Waals surface area contributed by atoms with Crippen molar-refractivity contribution in [2.45, 2.75) is 6.54 Å². The van der Waals surface area contributed by atoms with Crippen molar-refractivity contribution in [1.82, 2.24) is 15.0 Å². The monoisotopic (exact) mass is 356 g/mol. The predicted octanol–water partition coefficient (Wildman–Crippen LogP) is 3.43. The zero-order valence-corrected chi connectivity index (χ0v) is 14.3. The molecule has 3 rings (SSSR count). The number of rotatable bonds is 7. The van der Waals surface area contributed by atoms with E-state index in [-0.39, 0.29) is 11.8 Å². The number of nitrogens with zero attached hydrogens (tertiary/aromatic N) is 3. The minimum Gasteiger partial charge on any atom is -0.481 e. The number of pyridine rings is 1. The summed E-state index contributed by atoms with van der Waals surface area (Å²) in [6, 6.07) is 11.4. The van der Waals surface area contributed by atoms with Crippen LogP contribution in [0.25, 0.3) is 0 Å². The van der Waals surface area contributed by atoms with E-state index in [2.05, 4.69) is 20.3 Å². The number of hydrogen-bond donors (Lipinski definition) is 1. The van der Waals surface area contributed by atoms with E-state index in [4.69, 9.17) is 14.2 Å². The van der Waals surface area contributed by atoms with Crippen molar-refractivity contribution in [3.8, 4) is 23.7 Å². The molecule has 26 heavy (non-hydrogen) atoms. The molecule has 134 valence electrons. The Balaban J connectivity index is 1.79. The molecule has 1 N–H and O–H groups in total. The second kappa shape index (κ2) is 8.11. The zero-order valence-electron chi connectivity index (χ0n) is 14.3. The Hall–Kier alpha value is -3.42. The van der Waals surface area contributed by atoms with E-state index < -0.39 is 0 Å². The molecule has 0 aliphatic rings. The predicted molar refractivity (Wildman–Crippen MR) is 93.2 cm³/mol. The lowest BCUT2D eigenvalue weighted by Gasteiger charge is -2.11. The van der Waals surface area contributed by atoms with Gasteiger partial charge in [-0.2, -0.15) is 9.97 Å². The molecule has 7 nitrogen and oxygen atoms in total. The van der Waals surface area contributed by atoms with Gasteiger partial charge in [0.15, 0.2) is 0 Å². The van der Waals surface area contributed by atoms with Crippen molar-refractivity contribution >= 4 is 5.69 Å². The standard InChI is InChI=1S/C18H17FN4O3/c1-24-15-10-16(25-2)23-18(22-15)26-17-12(5-4-8-20-17)11-21-14-7-3-6-13(19)9-14/h3-10,21H,11H2,1-2H3. The second-order valence-electron chi connectivity index (χ2n) is 5.17. The molecule has 1 aromatic carbocycles. The Morgan fingerprint density at radius 2 is 1.77 bits per heavy atom. The fourth-order valence-electron chi connectivity index (χ4n) is 2.17. The van der Waals surface area contributed by atoms with Crippen molar-refractivity contribution in [3.05, 3.63) is 60.0 Å². The zero-order chi connectivity index (χ0) is 18.4. The first-order valence-electron chi connectivity index (χ1n) is 7.76. The van der Waals surface area contributed by atoms with E-state index in [1.54, 1.807) is 24.4 Å². The Labute approximate surface area is 149 Å². The first-order valence-corrected chi connectivity index (χ1v) is 7.76. The van der Waals surface area contributed by atoms with Crippen molar-refractivity contribution in [2.24, 2.45) is 0 Å². The van der Waals surface area contributed by atoms with Gasteiger partial charge in [-0.1, -0.05) is 12.1 Å². The third-order valence-corrected chi connectivity index (χ3v) is 3.42. The molecule has 0 aliphatic heterocycles. The summed E-state index contributed by atoms with van der Waals surface area (Å²) in [5, 5.41) is 3.12. The molecule has 3 aromatic rings. The molecule has 0 spiro atoms. The minimum absolute atomic E-state index is 0.0481. The van der Waals surface area contributed by atoms with Crippen LogP contribution in [-0.4, -0.2) is 29.2 Å². The van der Waals surface area contributed by atoms with Crippen LogP contribution >= 0.6 is 0 Å². The fourth-order valence-corrected chi connectivity index (χ4v) is 2.17. The van der Waals surface area contributed by atoms with E-state index in [9.17, 15) is 4.39 Å². The molecule has 2 heterocycles. The molecule has 0 radical (unpaired) electrons. The van der Waals surface area contributed by atoms with Gasteiger partial charge in [-0.15, -0.1) is 0 Å². The number of halogens is 1. The van der Waals surface area contributed by atoms with Crippen LogP contribution in [0.15, 0.2) is 48.7 Å². The van der Waals surface area contributed by atoms with Crippen molar-refractivity contribution in [1.29, 1.82) is 0 Å². The van der Waals surface area contributed by atoms with Gasteiger partial charge >= 0.3 is 6.01 Å². The second-order valence-corrected chi connectivity index (χ2v) is 5.17. The maximum Gasteiger partial charge on any atom is 0.330 e. The molecule has 0 atom stereocenters. The molecule has 0 saturated heterocycles. The maximum absolute atomic E-state index is 13.3. The largest absolute Gasteiger partial charge is 0.481 e. The normalized spacial score (nSPS) is 10.3. The van der Waals surface area contributed by atoms with Gasteiger partial charge in [0.25, 0.3) is 0 Å². The van der Waals surface area contributed by atoms with Gasteiger partial charge in [0.1, 0.15) is 5.82 Å². The number of ether oxygens (including phenoxy) is 3. The summed E-state index contributed by atoms with van der Waals surface area (Å²) in [6.07, 6.45) is 1.60. The first-order chi connectivity index (χ1) is 12.7. The number of nitrogens with one attached hydrogen (secondary N) is 1. The van der Waals surface area contributed by atoms with Crippen LogP contribution in [0.4, 0.5) is 10.1 Å². The molecule has 0 fully saturated rings. The average Bonchev–Trinajstić information content (AvgIpc) is 2.67. The van der Waals surface area contributed by atoms with Gasteiger partial charge < -0.3 is 19.5 Å². The Bertz CT molecular complexity index is 870. The van der Waals surface area contributed by atoms with Gasteiger partial charge in [0.05, 0.1) is 20.3 Å². The molecule has 0 aliphatic carbocycles. The Morgan fingerprint density at radius 1 is 1.00 bits per heavy atom. The van der Waals surface area contributed by atoms with Gasteiger partial charge in [-0.3, -0.25) is 0 Å². The number of anilines is 1. The van der Waals surface area contributed by atoms with Crippen LogP contribution in [-0.2, 0) is 6.54 Å². The van der Waals surface area contributed by atoms with E-state index >= 15 is 0 Å². The topological polar surface area (TPSA) is 78.4 Å². The maximum atomic E-state index is 13.3. The van der Waals surface area contributed by atoms with Crippen LogP contribution < -0.4 is 19.5 Å². The molecule has 8 heteroatoms. The van der Waals surface area contributed by atoms with Gasteiger partial charge in [-0.05, 0) is 24.3 Å². The van der Waals surface area contributed by atoms with Crippen LogP contribution in [0.3, 0.4) is 0 Å². The van der Waals surface area contributed by atoms with Crippen LogP contribution in [0.2, 0.25) is 0 Å². The third-order valence-electron chi connectivity index (χ3n) is 3.42. The highest BCUT2D eigenvalue weighted by molar-refractivity contribution is 5.44. The highest BCUT2D eigenvalue weighted by Crippen LogP contribution is 2.25. The number of methoxy groups -OCH3 is 2. The third kappa shape index (κ3) is 4.35. The smallest absolute Gasteiger partial charge is 0.330 e. The number of aromatic nitrogens is 3. The Kier molecular flexibility index (Phi) is 5.43. The molecule has 2 aromatic heterocycles. The number of benzene rings is 1. The Morgan fingerprint density at radius 3 is 2.46 bits per heavy atom. The van der Waals surface area contributed by atoms with E-state index in [0.717, 1.165) is 5.56 Å².